The van der Waals surface area contributed by atoms with Crippen molar-refractivity contribution >= 4 is 17.0 Å². The molecule has 1 amide bonds. The quantitative estimate of drug-likeness (QED) is 0.593. The molecule has 6 heteroatoms. The Kier molecular flexibility index (Phi) is 6.67. The fourth-order valence-corrected chi connectivity index (χ4v) is 3.91. The Hall–Kier alpha value is -3.12. The van der Waals surface area contributed by atoms with E-state index < -0.39 is 0 Å². The Balaban J connectivity index is 1.52. The highest BCUT2D eigenvalue weighted by Crippen LogP contribution is 2.31. The molecule has 2 heterocycles. The van der Waals surface area contributed by atoms with Crippen LogP contribution in [-0.2, 0) is 17.9 Å². The van der Waals surface area contributed by atoms with Crippen molar-refractivity contribution in [1.82, 2.24) is 14.8 Å². The first kappa shape index (κ1) is 21.1. The van der Waals surface area contributed by atoms with Gasteiger partial charge in [-0.25, -0.2) is 4.79 Å². The van der Waals surface area contributed by atoms with Crippen LogP contribution < -0.4 is 4.74 Å². The van der Waals surface area contributed by atoms with E-state index in [1.807, 2.05) is 43.3 Å². The normalized spacial score (nSPS) is 14.6. The molecule has 4 rings (SSSR count). The Morgan fingerprint density at radius 2 is 1.71 bits per heavy atom. The largest absolute Gasteiger partial charge is 0.488 e. The Morgan fingerprint density at radius 3 is 2.45 bits per heavy atom. The Labute approximate surface area is 183 Å². The van der Waals surface area contributed by atoms with Gasteiger partial charge < -0.3 is 14.4 Å². The monoisotopic (exact) mass is 419 g/mol. The molecule has 1 saturated heterocycles. The van der Waals surface area contributed by atoms with Crippen molar-refractivity contribution in [2.45, 2.75) is 27.0 Å². The zero-order valence-corrected chi connectivity index (χ0v) is 18.2. The Morgan fingerprint density at radius 1 is 1.00 bits per heavy atom. The second-order valence-electron chi connectivity index (χ2n) is 7.77. The highest BCUT2D eigenvalue weighted by molar-refractivity contribution is 5.86. The maximum Gasteiger partial charge on any atom is 0.409 e. The van der Waals surface area contributed by atoms with E-state index in [1.165, 1.54) is 0 Å². The van der Waals surface area contributed by atoms with Crippen molar-refractivity contribution in [3.8, 4) is 5.75 Å². The minimum atomic E-state index is -0.223. The van der Waals surface area contributed by atoms with Crippen LogP contribution in [0.4, 0.5) is 4.79 Å². The summed E-state index contributed by atoms with van der Waals surface area (Å²) in [6, 6.07) is 18.3. The number of benzene rings is 2. The summed E-state index contributed by atoms with van der Waals surface area (Å²) >= 11 is 0. The molecule has 2 aromatic carbocycles. The predicted octanol–water partition coefficient (Wildman–Crippen LogP) is 4.40. The topological polar surface area (TPSA) is 54.9 Å². The van der Waals surface area contributed by atoms with E-state index in [0.29, 0.717) is 26.3 Å². The van der Waals surface area contributed by atoms with Gasteiger partial charge in [-0.2, -0.15) is 0 Å². The fourth-order valence-electron chi connectivity index (χ4n) is 3.91. The molecule has 6 nitrogen and oxygen atoms in total. The highest BCUT2D eigenvalue weighted by atomic mass is 16.6. The lowest BCUT2D eigenvalue weighted by Crippen LogP contribution is -2.48. The van der Waals surface area contributed by atoms with Crippen molar-refractivity contribution < 1.29 is 14.3 Å². The number of para-hydroxylation sites is 1. The van der Waals surface area contributed by atoms with Crippen molar-refractivity contribution in [1.29, 1.82) is 0 Å². The molecular weight excluding hydrogens is 390 g/mol. The van der Waals surface area contributed by atoms with Crippen molar-refractivity contribution in [2.24, 2.45) is 0 Å². The third kappa shape index (κ3) is 4.97. The van der Waals surface area contributed by atoms with Crippen molar-refractivity contribution in [3.05, 3.63) is 71.4 Å². The van der Waals surface area contributed by atoms with E-state index >= 15 is 0 Å². The molecule has 1 fully saturated rings. The molecular formula is C25H29N3O3. The fraction of sp³-hybridized carbons (Fsp3) is 0.360. The summed E-state index contributed by atoms with van der Waals surface area (Å²) in [5, 5.41) is 1.03. The molecule has 0 unspecified atom stereocenters. The summed E-state index contributed by atoms with van der Waals surface area (Å²) in [7, 11) is 0. The van der Waals surface area contributed by atoms with Crippen LogP contribution in [0.3, 0.4) is 0 Å². The molecule has 3 aromatic rings. The smallest absolute Gasteiger partial charge is 0.409 e. The maximum absolute atomic E-state index is 12.0. The molecule has 1 aliphatic rings. The van der Waals surface area contributed by atoms with Gasteiger partial charge in [-0.1, -0.05) is 42.5 Å². The van der Waals surface area contributed by atoms with Gasteiger partial charge in [0.05, 0.1) is 17.8 Å². The first-order valence-corrected chi connectivity index (χ1v) is 10.8. The lowest BCUT2D eigenvalue weighted by molar-refractivity contribution is 0.0775. The Bertz CT molecular complexity index is 1030. The van der Waals surface area contributed by atoms with Crippen LogP contribution in [-0.4, -0.2) is 53.7 Å². The first-order chi connectivity index (χ1) is 15.2. The molecule has 0 spiro atoms. The molecule has 0 radical (unpaired) electrons. The summed E-state index contributed by atoms with van der Waals surface area (Å²) in [5.74, 6) is 0.898. The molecule has 0 bridgehead atoms. The molecule has 1 aromatic heterocycles. The summed E-state index contributed by atoms with van der Waals surface area (Å²) in [4.78, 5) is 21.0. The standard InChI is InChI=1S/C25H29N3O3/c1-3-30-25(29)28-15-13-27(14-16-28)17-23-19(2)24(21-11-7-8-12-22(21)26-23)31-18-20-9-5-4-6-10-20/h4-12H,3,13-18H2,1-2H3. The van der Waals surface area contributed by atoms with Crippen LogP contribution in [0.1, 0.15) is 23.7 Å². The summed E-state index contributed by atoms with van der Waals surface area (Å²) < 4.78 is 11.4. The summed E-state index contributed by atoms with van der Waals surface area (Å²) in [5.41, 5.74) is 4.17. The lowest BCUT2D eigenvalue weighted by atomic mass is 10.1. The number of carbonyl (C=O) groups excluding carboxylic acids is 1. The van der Waals surface area contributed by atoms with Crippen LogP contribution in [0, 0.1) is 6.92 Å². The van der Waals surface area contributed by atoms with Gasteiger partial charge in [0.1, 0.15) is 12.4 Å². The average Bonchev–Trinajstić information content (AvgIpc) is 2.80. The lowest BCUT2D eigenvalue weighted by Gasteiger charge is -2.34. The number of fused-ring (bicyclic) bond motifs is 1. The number of hydrogen-bond donors (Lipinski definition) is 0. The molecule has 0 saturated carbocycles. The molecule has 0 aliphatic carbocycles. The molecule has 0 N–H and O–H groups in total. The molecule has 0 atom stereocenters. The number of pyridine rings is 1. The van der Waals surface area contributed by atoms with Gasteiger partial charge in [0.2, 0.25) is 0 Å². The van der Waals surface area contributed by atoms with Crippen molar-refractivity contribution in [3.63, 3.8) is 0 Å². The van der Waals surface area contributed by atoms with Crippen LogP contribution >= 0.6 is 0 Å². The number of carbonyl (C=O) groups is 1. The van der Waals surface area contributed by atoms with Gasteiger partial charge >= 0.3 is 6.09 Å². The van der Waals surface area contributed by atoms with Gasteiger partial charge in [0, 0.05) is 43.7 Å². The number of amides is 1. The van der Waals surface area contributed by atoms with E-state index in [1.54, 1.807) is 4.90 Å². The van der Waals surface area contributed by atoms with Gasteiger partial charge in [-0.15, -0.1) is 0 Å². The van der Waals surface area contributed by atoms with Crippen LogP contribution in [0.15, 0.2) is 54.6 Å². The van der Waals surface area contributed by atoms with Crippen LogP contribution in [0.25, 0.3) is 10.9 Å². The van der Waals surface area contributed by atoms with E-state index in [4.69, 9.17) is 14.5 Å². The SMILES string of the molecule is CCOC(=O)N1CCN(Cc2nc3ccccc3c(OCc3ccccc3)c2C)CC1. The number of hydrogen-bond acceptors (Lipinski definition) is 5. The minimum Gasteiger partial charge on any atom is -0.488 e. The third-order valence-electron chi connectivity index (χ3n) is 5.68. The van der Waals surface area contributed by atoms with E-state index in [-0.39, 0.29) is 6.09 Å². The number of nitrogens with zero attached hydrogens (tertiary/aromatic N) is 3. The first-order valence-electron chi connectivity index (χ1n) is 10.8. The number of ether oxygens (including phenoxy) is 2. The zero-order valence-electron chi connectivity index (χ0n) is 18.2. The van der Waals surface area contributed by atoms with Crippen LogP contribution in [0.5, 0.6) is 5.75 Å². The molecule has 31 heavy (non-hydrogen) atoms. The van der Waals surface area contributed by atoms with Gasteiger partial charge in [-0.3, -0.25) is 9.88 Å². The predicted molar refractivity (Wildman–Crippen MR) is 121 cm³/mol. The summed E-state index contributed by atoms with van der Waals surface area (Å²) in [6.07, 6.45) is -0.223. The second-order valence-corrected chi connectivity index (χ2v) is 7.77. The van der Waals surface area contributed by atoms with Gasteiger partial charge in [-0.05, 0) is 31.5 Å². The molecule has 162 valence electrons. The van der Waals surface area contributed by atoms with E-state index in [2.05, 4.69) is 30.0 Å². The summed E-state index contributed by atoms with van der Waals surface area (Å²) in [6.45, 7) is 8.52. The number of aromatic nitrogens is 1. The van der Waals surface area contributed by atoms with Gasteiger partial charge in [0.25, 0.3) is 0 Å². The van der Waals surface area contributed by atoms with Crippen molar-refractivity contribution in [2.75, 3.05) is 32.8 Å². The molecule has 1 aliphatic heterocycles. The van der Waals surface area contributed by atoms with Crippen LogP contribution in [0.2, 0.25) is 0 Å². The highest BCUT2D eigenvalue weighted by Gasteiger charge is 2.23. The second kappa shape index (κ2) is 9.79. The average molecular weight is 420 g/mol. The maximum atomic E-state index is 12.0. The van der Waals surface area contributed by atoms with E-state index in [0.717, 1.165) is 53.1 Å². The number of rotatable bonds is 6. The minimum absolute atomic E-state index is 0.223. The van der Waals surface area contributed by atoms with E-state index in [9.17, 15) is 4.79 Å². The number of piperazine rings is 1. The van der Waals surface area contributed by atoms with Gasteiger partial charge in [0.15, 0.2) is 0 Å². The third-order valence-corrected chi connectivity index (χ3v) is 5.68. The zero-order chi connectivity index (χ0) is 21.6.